The number of carbonyl (C=O) groups is 2. The van der Waals surface area contributed by atoms with Crippen molar-refractivity contribution in [2.45, 2.75) is 20.4 Å². The third kappa shape index (κ3) is 5.04. The minimum Gasteiger partial charge on any atom is -0.497 e. The lowest BCUT2D eigenvalue weighted by Crippen LogP contribution is -2.21. The van der Waals surface area contributed by atoms with Crippen LogP contribution >= 0.6 is 11.3 Å². The Balaban J connectivity index is 1.42. The number of hydrogen-bond donors (Lipinski definition) is 1. The summed E-state index contributed by atoms with van der Waals surface area (Å²) in [5.41, 5.74) is 3.61. The first-order valence-corrected chi connectivity index (χ1v) is 11.4. The normalized spacial score (nSPS) is 10.8. The predicted octanol–water partition coefficient (Wildman–Crippen LogP) is 4.58. The summed E-state index contributed by atoms with van der Waals surface area (Å²) in [7, 11) is 3.04. The van der Waals surface area contributed by atoms with E-state index in [2.05, 4.69) is 34.7 Å². The van der Waals surface area contributed by atoms with Crippen molar-refractivity contribution in [1.29, 1.82) is 0 Å². The molecule has 0 spiro atoms. The fourth-order valence-electron chi connectivity index (χ4n) is 3.48. The van der Waals surface area contributed by atoms with Crippen molar-refractivity contribution in [1.82, 2.24) is 9.78 Å². The maximum Gasteiger partial charge on any atom is 0.348 e. The van der Waals surface area contributed by atoms with Gasteiger partial charge in [-0.05, 0) is 37.6 Å². The molecule has 0 fully saturated rings. The summed E-state index contributed by atoms with van der Waals surface area (Å²) in [5, 5.41) is 8.19. The maximum atomic E-state index is 12.6. The van der Waals surface area contributed by atoms with E-state index in [1.807, 2.05) is 18.5 Å². The Morgan fingerprint density at radius 1 is 1.03 bits per heavy atom. The standard InChI is InChI=1S/C25H25N3O5S/c1-15-5-7-17(8-6-15)13-28-24-19(16(2)27-28)12-22(34-24)25(30)33-14-23(29)26-20-10-9-18(31-3)11-21(20)32-4/h5-12H,13-14H2,1-4H3,(H,26,29). The van der Waals surface area contributed by atoms with E-state index in [4.69, 9.17) is 14.2 Å². The molecule has 0 radical (unpaired) electrons. The molecule has 176 valence electrons. The first-order chi connectivity index (χ1) is 16.4. The third-order valence-corrected chi connectivity index (χ3v) is 6.41. The fraction of sp³-hybridized carbons (Fsp3) is 0.240. The Morgan fingerprint density at radius 3 is 2.50 bits per heavy atom. The lowest BCUT2D eigenvalue weighted by Gasteiger charge is -2.11. The molecule has 0 atom stereocenters. The van der Waals surface area contributed by atoms with E-state index in [1.54, 1.807) is 31.4 Å². The van der Waals surface area contributed by atoms with Crippen LogP contribution in [0.2, 0.25) is 0 Å². The quantitative estimate of drug-likeness (QED) is 0.372. The fourth-order valence-corrected chi connectivity index (χ4v) is 4.53. The number of amides is 1. The zero-order chi connectivity index (χ0) is 24.2. The van der Waals surface area contributed by atoms with Crippen LogP contribution in [0.4, 0.5) is 5.69 Å². The van der Waals surface area contributed by atoms with Crippen LogP contribution in [0.3, 0.4) is 0 Å². The highest BCUT2D eigenvalue weighted by Crippen LogP contribution is 2.30. The summed E-state index contributed by atoms with van der Waals surface area (Å²) in [4.78, 5) is 26.3. The lowest BCUT2D eigenvalue weighted by molar-refractivity contribution is -0.119. The Hall–Kier alpha value is -3.85. The number of nitrogens with one attached hydrogen (secondary N) is 1. The van der Waals surface area contributed by atoms with Crippen molar-refractivity contribution in [3.8, 4) is 11.5 Å². The average molecular weight is 480 g/mol. The Kier molecular flexibility index (Phi) is 6.83. The summed E-state index contributed by atoms with van der Waals surface area (Å²) in [5.74, 6) is 0.0124. The van der Waals surface area contributed by atoms with Crippen molar-refractivity contribution < 1.29 is 23.8 Å². The molecule has 0 aliphatic heterocycles. The van der Waals surface area contributed by atoms with Gasteiger partial charge in [0.15, 0.2) is 6.61 Å². The molecule has 4 aromatic rings. The van der Waals surface area contributed by atoms with Crippen LogP contribution in [-0.4, -0.2) is 42.5 Å². The van der Waals surface area contributed by atoms with Gasteiger partial charge in [0.05, 0.1) is 32.1 Å². The number of anilines is 1. The van der Waals surface area contributed by atoms with E-state index >= 15 is 0 Å². The number of fused-ring (bicyclic) bond motifs is 1. The number of aryl methyl sites for hydroxylation is 2. The number of thiophene rings is 1. The van der Waals surface area contributed by atoms with Crippen LogP contribution in [0.5, 0.6) is 11.5 Å². The van der Waals surface area contributed by atoms with Gasteiger partial charge in [0, 0.05) is 11.5 Å². The number of ether oxygens (including phenoxy) is 3. The largest absolute Gasteiger partial charge is 0.497 e. The molecular weight excluding hydrogens is 454 g/mol. The maximum absolute atomic E-state index is 12.6. The molecule has 2 heterocycles. The summed E-state index contributed by atoms with van der Waals surface area (Å²) in [6.07, 6.45) is 0. The Morgan fingerprint density at radius 2 is 1.79 bits per heavy atom. The molecule has 34 heavy (non-hydrogen) atoms. The summed E-state index contributed by atoms with van der Waals surface area (Å²) in [6.45, 7) is 4.14. The summed E-state index contributed by atoms with van der Waals surface area (Å²) < 4.78 is 17.6. The van der Waals surface area contributed by atoms with E-state index in [1.165, 1.54) is 24.0 Å². The molecule has 1 amide bonds. The van der Waals surface area contributed by atoms with Crippen molar-refractivity contribution in [3.63, 3.8) is 0 Å². The smallest absolute Gasteiger partial charge is 0.348 e. The Bertz CT molecular complexity index is 1340. The Labute approximate surface area is 201 Å². The highest BCUT2D eigenvalue weighted by atomic mass is 32.1. The van der Waals surface area contributed by atoms with Gasteiger partial charge in [-0.2, -0.15) is 5.10 Å². The number of esters is 1. The van der Waals surface area contributed by atoms with E-state index < -0.39 is 18.5 Å². The molecule has 4 rings (SSSR count). The molecule has 0 unspecified atom stereocenters. The van der Waals surface area contributed by atoms with Gasteiger partial charge in [0.2, 0.25) is 0 Å². The first kappa shape index (κ1) is 23.3. The molecule has 0 saturated heterocycles. The molecule has 0 saturated carbocycles. The number of methoxy groups -OCH3 is 2. The molecule has 2 aromatic carbocycles. The minimum atomic E-state index is -0.556. The van der Waals surface area contributed by atoms with Crippen LogP contribution < -0.4 is 14.8 Å². The van der Waals surface area contributed by atoms with Gasteiger partial charge in [-0.15, -0.1) is 11.3 Å². The monoisotopic (exact) mass is 479 g/mol. The first-order valence-electron chi connectivity index (χ1n) is 10.6. The van der Waals surface area contributed by atoms with Crippen molar-refractivity contribution >= 4 is 39.1 Å². The van der Waals surface area contributed by atoms with Crippen LogP contribution in [0, 0.1) is 13.8 Å². The van der Waals surface area contributed by atoms with Crippen LogP contribution in [0.1, 0.15) is 26.5 Å². The molecule has 0 aliphatic carbocycles. The van der Waals surface area contributed by atoms with Crippen molar-refractivity contribution in [2.24, 2.45) is 0 Å². The molecule has 1 N–H and O–H groups in total. The van der Waals surface area contributed by atoms with E-state index in [0.29, 0.717) is 28.6 Å². The van der Waals surface area contributed by atoms with Gasteiger partial charge < -0.3 is 19.5 Å². The van der Waals surface area contributed by atoms with Gasteiger partial charge >= 0.3 is 5.97 Å². The second-order valence-electron chi connectivity index (χ2n) is 7.75. The van der Waals surface area contributed by atoms with Crippen LogP contribution in [0.25, 0.3) is 10.2 Å². The average Bonchev–Trinajstić information content (AvgIpc) is 3.40. The topological polar surface area (TPSA) is 91.7 Å². The predicted molar refractivity (Wildman–Crippen MR) is 131 cm³/mol. The molecule has 8 nitrogen and oxygen atoms in total. The lowest BCUT2D eigenvalue weighted by atomic mass is 10.1. The zero-order valence-corrected chi connectivity index (χ0v) is 20.2. The molecular formula is C25H25N3O5S. The van der Waals surface area contributed by atoms with Gasteiger partial charge in [0.1, 0.15) is 21.2 Å². The summed E-state index contributed by atoms with van der Waals surface area (Å²) >= 11 is 1.30. The van der Waals surface area contributed by atoms with E-state index in [-0.39, 0.29) is 0 Å². The minimum absolute atomic E-state index is 0.419. The highest BCUT2D eigenvalue weighted by Gasteiger charge is 2.19. The second-order valence-corrected chi connectivity index (χ2v) is 8.78. The molecule has 0 aliphatic rings. The van der Waals surface area contributed by atoms with Crippen LogP contribution in [-0.2, 0) is 16.1 Å². The summed E-state index contributed by atoms with van der Waals surface area (Å²) in [6, 6.07) is 15.0. The van der Waals surface area contributed by atoms with Gasteiger partial charge in [-0.25, -0.2) is 4.79 Å². The number of hydrogen-bond acceptors (Lipinski definition) is 7. The number of benzene rings is 2. The number of nitrogens with zero attached hydrogens (tertiary/aromatic N) is 2. The zero-order valence-electron chi connectivity index (χ0n) is 19.4. The van der Waals surface area contributed by atoms with Gasteiger partial charge in [-0.3, -0.25) is 9.48 Å². The van der Waals surface area contributed by atoms with E-state index in [0.717, 1.165) is 21.5 Å². The number of aromatic nitrogens is 2. The second kappa shape index (κ2) is 9.96. The molecule has 0 bridgehead atoms. The number of rotatable bonds is 8. The molecule has 9 heteroatoms. The number of carbonyl (C=O) groups excluding carboxylic acids is 2. The third-order valence-electron chi connectivity index (χ3n) is 5.28. The van der Waals surface area contributed by atoms with E-state index in [9.17, 15) is 9.59 Å². The van der Waals surface area contributed by atoms with Gasteiger partial charge in [0.25, 0.3) is 5.91 Å². The van der Waals surface area contributed by atoms with Crippen molar-refractivity contribution in [2.75, 3.05) is 26.1 Å². The molecule has 2 aromatic heterocycles. The van der Waals surface area contributed by atoms with Crippen LogP contribution in [0.15, 0.2) is 48.5 Å². The highest BCUT2D eigenvalue weighted by molar-refractivity contribution is 7.20. The van der Waals surface area contributed by atoms with Gasteiger partial charge in [-0.1, -0.05) is 29.8 Å². The SMILES string of the molecule is COc1ccc(NC(=O)COC(=O)c2cc3c(C)nn(Cc4ccc(C)cc4)c3s2)c(OC)c1. The van der Waals surface area contributed by atoms with Crippen molar-refractivity contribution in [3.05, 3.63) is 70.2 Å².